The molecule has 0 amide bonds. The van der Waals surface area contributed by atoms with E-state index in [0.29, 0.717) is 25.0 Å². The summed E-state index contributed by atoms with van der Waals surface area (Å²) in [6.07, 6.45) is 5.53. The Bertz CT molecular complexity index is 464. The molecule has 0 fully saturated rings. The second-order valence-corrected chi connectivity index (χ2v) is 6.17. The van der Waals surface area contributed by atoms with Gasteiger partial charge in [-0.2, -0.15) is 0 Å². The van der Waals surface area contributed by atoms with Crippen LogP contribution in [0, 0.1) is 11.8 Å². The van der Waals surface area contributed by atoms with E-state index in [9.17, 15) is 9.59 Å². The fourth-order valence-corrected chi connectivity index (χ4v) is 1.96. The Labute approximate surface area is 127 Å². The molecule has 1 heterocycles. The lowest BCUT2D eigenvalue weighted by molar-refractivity contribution is -0.122. The van der Waals surface area contributed by atoms with Crippen LogP contribution >= 0.6 is 0 Å². The molecule has 0 spiro atoms. The number of unbranched alkanes of at least 4 members (excludes halogenated alkanes) is 1. The van der Waals surface area contributed by atoms with E-state index >= 15 is 0 Å². The van der Waals surface area contributed by atoms with Crippen LogP contribution in [0.3, 0.4) is 0 Å². The molecule has 0 aromatic carbocycles. The number of nitrogens with zero attached hydrogens (tertiary/aromatic N) is 3. The van der Waals surface area contributed by atoms with Crippen molar-refractivity contribution in [1.82, 2.24) is 15.0 Å². The van der Waals surface area contributed by atoms with Crippen molar-refractivity contribution in [3.05, 3.63) is 11.9 Å². The highest BCUT2D eigenvalue weighted by Crippen LogP contribution is 2.07. The minimum absolute atomic E-state index is 0.0820. The first-order chi connectivity index (χ1) is 9.90. The maximum absolute atomic E-state index is 11.6. The fraction of sp³-hybridized carbons (Fsp3) is 0.750. The summed E-state index contributed by atoms with van der Waals surface area (Å²) in [4.78, 5) is 23.1. The molecule has 0 bridgehead atoms. The van der Waals surface area contributed by atoms with E-state index < -0.39 is 0 Å². The minimum atomic E-state index is 0.0820. The number of hydrogen-bond donors (Lipinski definition) is 0. The molecule has 0 saturated heterocycles. The molecule has 1 aromatic heterocycles. The topological polar surface area (TPSA) is 64.8 Å². The molecule has 5 heteroatoms. The Hall–Kier alpha value is -1.52. The summed E-state index contributed by atoms with van der Waals surface area (Å²) >= 11 is 0. The number of aromatic nitrogens is 3. The van der Waals surface area contributed by atoms with Gasteiger partial charge in [0.2, 0.25) is 0 Å². The van der Waals surface area contributed by atoms with Gasteiger partial charge >= 0.3 is 0 Å². The Morgan fingerprint density at radius 1 is 1.05 bits per heavy atom. The largest absolute Gasteiger partial charge is 0.299 e. The monoisotopic (exact) mass is 293 g/mol. The number of Topliss-reactive ketones (excluding diaryl/α,β-unsaturated/α-hetero) is 2. The molecule has 0 aliphatic heterocycles. The van der Waals surface area contributed by atoms with Gasteiger partial charge in [0.15, 0.2) is 0 Å². The molecule has 5 nitrogen and oxygen atoms in total. The molecule has 0 aliphatic rings. The van der Waals surface area contributed by atoms with Crippen molar-refractivity contribution in [3.63, 3.8) is 0 Å². The molecule has 0 radical (unpaired) electrons. The van der Waals surface area contributed by atoms with Crippen molar-refractivity contribution in [2.45, 2.75) is 66.3 Å². The van der Waals surface area contributed by atoms with Gasteiger partial charge in [-0.1, -0.05) is 32.9 Å². The van der Waals surface area contributed by atoms with Gasteiger partial charge in [0.25, 0.3) is 0 Å². The van der Waals surface area contributed by atoms with Crippen LogP contribution in [-0.4, -0.2) is 26.6 Å². The average Bonchev–Trinajstić information content (AvgIpc) is 2.88. The van der Waals surface area contributed by atoms with Crippen molar-refractivity contribution in [3.8, 4) is 0 Å². The predicted molar refractivity (Wildman–Crippen MR) is 81.9 cm³/mol. The molecule has 1 rings (SSSR count). The summed E-state index contributed by atoms with van der Waals surface area (Å²) in [7, 11) is 0. The number of carbonyl (C=O) groups is 2. The third kappa shape index (κ3) is 6.65. The van der Waals surface area contributed by atoms with E-state index in [2.05, 4.69) is 10.3 Å². The van der Waals surface area contributed by atoms with Crippen molar-refractivity contribution in [1.29, 1.82) is 0 Å². The average molecular weight is 293 g/mol. The van der Waals surface area contributed by atoms with Gasteiger partial charge in [-0.25, -0.2) is 0 Å². The second-order valence-electron chi connectivity index (χ2n) is 6.17. The normalized spacial score (nSPS) is 11.3. The van der Waals surface area contributed by atoms with Gasteiger partial charge < -0.3 is 0 Å². The van der Waals surface area contributed by atoms with Crippen LogP contribution in [-0.2, 0) is 22.6 Å². The molecule has 0 saturated carbocycles. The Morgan fingerprint density at radius 2 is 1.67 bits per heavy atom. The number of carbonyl (C=O) groups excluding carboxylic acids is 2. The molecular weight excluding hydrogens is 266 g/mol. The zero-order valence-corrected chi connectivity index (χ0v) is 13.6. The number of aryl methyl sites for hydroxylation is 2. The first-order valence-electron chi connectivity index (χ1n) is 7.84. The highest BCUT2D eigenvalue weighted by molar-refractivity contribution is 5.80. The van der Waals surface area contributed by atoms with E-state index in [0.717, 1.165) is 25.1 Å². The van der Waals surface area contributed by atoms with Gasteiger partial charge in [-0.05, 0) is 12.8 Å². The molecule has 118 valence electrons. The molecule has 0 atom stereocenters. The maximum atomic E-state index is 11.6. The molecule has 1 aromatic rings. The van der Waals surface area contributed by atoms with E-state index in [1.807, 2.05) is 33.9 Å². The van der Waals surface area contributed by atoms with E-state index in [-0.39, 0.29) is 17.6 Å². The Balaban J connectivity index is 2.26. The quantitative estimate of drug-likeness (QED) is 0.622. The third-order valence-electron chi connectivity index (χ3n) is 3.56. The van der Waals surface area contributed by atoms with Crippen LogP contribution in [0.1, 0.15) is 59.1 Å². The lowest BCUT2D eigenvalue weighted by Crippen LogP contribution is -2.08. The van der Waals surface area contributed by atoms with E-state index in [1.165, 1.54) is 0 Å². The van der Waals surface area contributed by atoms with Crippen LogP contribution in [0.15, 0.2) is 6.20 Å². The van der Waals surface area contributed by atoms with Gasteiger partial charge in [0.1, 0.15) is 11.6 Å². The van der Waals surface area contributed by atoms with E-state index in [1.54, 1.807) is 4.68 Å². The van der Waals surface area contributed by atoms with Crippen molar-refractivity contribution in [2.24, 2.45) is 11.8 Å². The minimum Gasteiger partial charge on any atom is -0.299 e. The smallest absolute Gasteiger partial charge is 0.135 e. The van der Waals surface area contributed by atoms with Gasteiger partial charge in [0, 0.05) is 43.8 Å². The summed E-state index contributed by atoms with van der Waals surface area (Å²) in [6, 6.07) is 0. The molecule has 0 aliphatic carbocycles. The van der Waals surface area contributed by atoms with E-state index in [4.69, 9.17) is 0 Å². The van der Waals surface area contributed by atoms with Gasteiger partial charge in [0.05, 0.1) is 5.69 Å². The summed E-state index contributed by atoms with van der Waals surface area (Å²) in [6.45, 7) is 8.47. The van der Waals surface area contributed by atoms with Gasteiger partial charge in [-0.15, -0.1) is 5.10 Å². The first-order valence-corrected chi connectivity index (χ1v) is 7.84. The second kappa shape index (κ2) is 8.70. The SMILES string of the molecule is CC(C)C(=O)CCCCn1cc(CCC(=O)C(C)C)nn1. The van der Waals surface area contributed by atoms with Gasteiger partial charge in [-0.3, -0.25) is 14.3 Å². The van der Waals surface area contributed by atoms with Crippen molar-refractivity contribution < 1.29 is 9.59 Å². The van der Waals surface area contributed by atoms with Crippen molar-refractivity contribution >= 4 is 11.6 Å². The summed E-state index contributed by atoms with van der Waals surface area (Å²) < 4.78 is 1.80. The van der Waals surface area contributed by atoms with Crippen LogP contribution in [0.2, 0.25) is 0 Å². The van der Waals surface area contributed by atoms with Crippen LogP contribution in [0.25, 0.3) is 0 Å². The Kier molecular flexibility index (Phi) is 7.26. The third-order valence-corrected chi connectivity index (χ3v) is 3.56. The first kappa shape index (κ1) is 17.5. The Morgan fingerprint density at radius 3 is 2.29 bits per heavy atom. The molecule has 21 heavy (non-hydrogen) atoms. The highest BCUT2D eigenvalue weighted by Gasteiger charge is 2.09. The number of ketones is 2. The van der Waals surface area contributed by atoms with Crippen molar-refractivity contribution in [2.75, 3.05) is 0 Å². The summed E-state index contributed by atoms with van der Waals surface area (Å²) in [5, 5.41) is 8.14. The highest BCUT2D eigenvalue weighted by atomic mass is 16.1. The van der Waals surface area contributed by atoms with Crippen LogP contribution in [0.4, 0.5) is 0 Å². The summed E-state index contributed by atoms with van der Waals surface area (Å²) in [5.41, 5.74) is 0.863. The molecular formula is C16H27N3O2. The lowest BCUT2D eigenvalue weighted by atomic mass is 10.0. The molecule has 0 unspecified atom stereocenters. The lowest BCUT2D eigenvalue weighted by Gasteiger charge is -2.03. The summed E-state index contributed by atoms with van der Waals surface area (Å²) in [5.74, 6) is 0.790. The maximum Gasteiger partial charge on any atom is 0.135 e. The van der Waals surface area contributed by atoms with Crippen LogP contribution in [0.5, 0.6) is 0 Å². The fourth-order valence-electron chi connectivity index (χ4n) is 1.96. The zero-order chi connectivity index (χ0) is 15.8. The standard InChI is InChI=1S/C16H27N3O2/c1-12(2)15(20)7-5-6-10-19-11-14(17-18-19)8-9-16(21)13(3)4/h11-13H,5-10H2,1-4H3. The molecule has 0 N–H and O–H groups in total. The zero-order valence-electron chi connectivity index (χ0n) is 13.6. The predicted octanol–water partition coefficient (Wildman–Crippen LogP) is 2.83. The number of rotatable bonds is 10. The van der Waals surface area contributed by atoms with Crippen LogP contribution < -0.4 is 0 Å². The number of hydrogen-bond acceptors (Lipinski definition) is 4.